The van der Waals surface area contributed by atoms with E-state index in [0.29, 0.717) is 5.92 Å². The van der Waals surface area contributed by atoms with Gasteiger partial charge >= 0.3 is 0 Å². The van der Waals surface area contributed by atoms with E-state index in [2.05, 4.69) is 49.5 Å². The molecule has 1 saturated heterocycles. The lowest BCUT2D eigenvalue weighted by Gasteiger charge is -2.32. The van der Waals surface area contributed by atoms with Crippen molar-refractivity contribution in [3.8, 4) is 0 Å². The van der Waals surface area contributed by atoms with Crippen molar-refractivity contribution in [2.24, 2.45) is 18.0 Å². The lowest BCUT2D eigenvalue weighted by atomic mass is 9.97. The molecule has 0 radical (unpaired) electrons. The first-order valence-electron chi connectivity index (χ1n) is 9.56. The van der Waals surface area contributed by atoms with E-state index in [-0.39, 0.29) is 24.0 Å². The molecule has 156 valence electrons. The van der Waals surface area contributed by atoms with E-state index in [1.165, 1.54) is 24.1 Å². The fourth-order valence-electron chi connectivity index (χ4n) is 3.58. The predicted octanol–water partition coefficient (Wildman–Crippen LogP) is 2.72. The van der Waals surface area contributed by atoms with Crippen LogP contribution < -0.4 is 5.32 Å². The lowest BCUT2D eigenvalue weighted by molar-refractivity contribution is 0.176. The fourth-order valence-corrected chi connectivity index (χ4v) is 4.19. The zero-order valence-electron chi connectivity index (χ0n) is 17.3. The Balaban J connectivity index is 0.00000280. The first-order valence-corrected chi connectivity index (χ1v) is 10.4. The molecule has 0 atom stereocenters. The topological polar surface area (TPSA) is 61.6 Å². The van der Waals surface area contributed by atoms with Gasteiger partial charge in [-0.1, -0.05) is 0 Å². The van der Waals surface area contributed by atoms with Crippen LogP contribution in [0.1, 0.15) is 29.1 Å². The molecule has 0 amide bonds. The van der Waals surface area contributed by atoms with Gasteiger partial charge in [0.15, 0.2) is 5.96 Å². The molecule has 0 unspecified atom stereocenters. The first-order chi connectivity index (χ1) is 13.0. The van der Waals surface area contributed by atoms with Crippen LogP contribution in [-0.2, 0) is 20.1 Å². The minimum Gasteiger partial charge on any atom is -0.356 e. The summed E-state index contributed by atoms with van der Waals surface area (Å²) in [6, 6.07) is 0. The Labute approximate surface area is 189 Å². The number of halogens is 1. The Bertz CT molecular complexity index is 749. The van der Waals surface area contributed by atoms with Crippen molar-refractivity contribution < 1.29 is 0 Å². The number of likely N-dealkylation sites (tertiary alicyclic amines) is 1. The summed E-state index contributed by atoms with van der Waals surface area (Å²) in [6.07, 6.45) is 6.39. The quantitative estimate of drug-likeness (QED) is 0.363. The third kappa shape index (κ3) is 6.70. The molecule has 2 aromatic rings. The van der Waals surface area contributed by atoms with Crippen LogP contribution in [0.25, 0.3) is 0 Å². The highest BCUT2D eigenvalue weighted by atomic mass is 127. The maximum Gasteiger partial charge on any atom is 0.193 e. The molecule has 1 fully saturated rings. The monoisotopic (exact) mass is 517 g/mol. The van der Waals surface area contributed by atoms with Gasteiger partial charge in [0, 0.05) is 57.9 Å². The number of aromatic nitrogens is 3. The van der Waals surface area contributed by atoms with Crippen molar-refractivity contribution in [3.63, 3.8) is 0 Å². The summed E-state index contributed by atoms with van der Waals surface area (Å²) in [5.74, 6) is 1.64. The standard InChI is InChI=1S/C19H31N7S.HI/c1-15-23-18(14-27-15)13-26-7-5-16(6-8-26)9-21-19(20-2)24(3)11-17-10-22-25(4)12-17;/h10,12,14,16H,5-9,11,13H2,1-4H3,(H,20,21);1H. The predicted molar refractivity (Wildman–Crippen MR) is 126 cm³/mol. The number of hydrogen-bond donors (Lipinski definition) is 1. The molecule has 28 heavy (non-hydrogen) atoms. The number of thiazole rings is 1. The van der Waals surface area contributed by atoms with E-state index >= 15 is 0 Å². The van der Waals surface area contributed by atoms with Gasteiger partial charge in [0.2, 0.25) is 0 Å². The first kappa shape index (κ1) is 23.1. The molecule has 2 aromatic heterocycles. The van der Waals surface area contributed by atoms with Gasteiger partial charge in [-0.25, -0.2) is 4.98 Å². The van der Waals surface area contributed by atoms with Crippen LogP contribution in [0.4, 0.5) is 0 Å². The highest BCUT2D eigenvalue weighted by molar-refractivity contribution is 14.0. The zero-order valence-corrected chi connectivity index (χ0v) is 20.4. The minimum atomic E-state index is 0. The van der Waals surface area contributed by atoms with Crippen LogP contribution in [-0.4, -0.2) is 64.3 Å². The summed E-state index contributed by atoms with van der Waals surface area (Å²) in [6.45, 7) is 7.14. The van der Waals surface area contributed by atoms with Crippen LogP contribution >= 0.6 is 35.3 Å². The van der Waals surface area contributed by atoms with Gasteiger partial charge in [-0.05, 0) is 38.8 Å². The molecule has 0 aromatic carbocycles. The molecule has 3 rings (SSSR count). The molecular weight excluding hydrogens is 485 g/mol. The molecule has 0 spiro atoms. The smallest absolute Gasteiger partial charge is 0.193 e. The number of piperidine rings is 1. The average Bonchev–Trinajstić information content (AvgIpc) is 3.25. The van der Waals surface area contributed by atoms with Crippen LogP contribution in [0.2, 0.25) is 0 Å². The third-order valence-corrected chi connectivity index (χ3v) is 5.88. The summed E-state index contributed by atoms with van der Waals surface area (Å²) in [7, 11) is 5.86. The van der Waals surface area contributed by atoms with E-state index < -0.39 is 0 Å². The molecule has 1 N–H and O–H groups in total. The highest BCUT2D eigenvalue weighted by Crippen LogP contribution is 2.19. The van der Waals surface area contributed by atoms with Crippen LogP contribution in [0.5, 0.6) is 0 Å². The van der Waals surface area contributed by atoms with Gasteiger partial charge in [-0.2, -0.15) is 5.10 Å². The summed E-state index contributed by atoms with van der Waals surface area (Å²) >= 11 is 1.74. The molecule has 1 aliphatic heterocycles. The van der Waals surface area contributed by atoms with Gasteiger partial charge in [-0.3, -0.25) is 14.6 Å². The Kier molecular flexibility index (Phi) is 9.16. The Morgan fingerprint density at radius 3 is 2.71 bits per heavy atom. The van der Waals surface area contributed by atoms with Gasteiger partial charge in [0.25, 0.3) is 0 Å². The Morgan fingerprint density at radius 1 is 1.39 bits per heavy atom. The van der Waals surface area contributed by atoms with Gasteiger partial charge in [-0.15, -0.1) is 35.3 Å². The van der Waals surface area contributed by atoms with E-state index in [4.69, 9.17) is 0 Å². The maximum atomic E-state index is 4.59. The molecule has 1 aliphatic rings. The van der Waals surface area contributed by atoms with Crippen molar-refractivity contribution >= 4 is 41.3 Å². The summed E-state index contributed by atoms with van der Waals surface area (Å²) in [5.41, 5.74) is 2.40. The van der Waals surface area contributed by atoms with Crippen molar-refractivity contribution in [3.05, 3.63) is 34.0 Å². The number of rotatable bonds is 6. The molecule has 7 nitrogen and oxygen atoms in total. The molecule has 9 heteroatoms. The molecule has 0 saturated carbocycles. The average molecular weight is 517 g/mol. The van der Waals surface area contributed by atoms with Crippen LogP contribution in [0.3, 0.4) is 0 Å². The number of aliphatic imine (C=N–C) groups is 1. The van der Waals surface area contributed by atoms with Crippen molar-refractivity contribution in [1.29, 1.82) is 0 Å². The number of nitrogens with zero attached hydrogens (tertiary/aromatic N) is 6. The van der Waals surface area contributed by atoms with Gasteiger partial charge < -0.3 is 10.2 Å². The molecule has 0 aliphatic carbocycles. The lowest BCUT2D eigenvalue weighted by Crippen LogP contribution is -2.43. The number of nitrogens with one attached hydrogen (secondary N) is 1. The second-order valence-electron chi connectivity index (χ2n) is 7.38. The number of hydrogen-bond acceptors (Lipinski definition) is 5. The second kappa shape index (κ2) is 11.1. The molecule has 0 bridgehead atoms. The van der Waals surface area contributed by atoms with Gasteiger partial charge in [0.1, 0.15) is 0 Å². The minimum absolute atomic E-state index is 0. The van der Waals surface area contributed by atoms with Crippen LogP contribution in [0, 0.1) is 12.8 Å². The fraction of sp³-hybridized carbons (Fsp3) is 0.632. The molecular formula is C19H32IN7S. The van der Waals surface area contributed by atoms with Crippen molar-refractivity contribution in [2.45, 2.75) is 32.9 Å². The third-order valence-electron chi connectivity index (χ3n) is 5.06. The highest BCUT2D eigenvalue weighted by Gasteiger charge is 2.20. The largest absolute Gasteiger partial charge is 0.356 e. The normalized spacial score (nSPS) is 16.1. The second-order valence-corrected chi connectivity index (χ2v) is 8.45. The number of aryl methyl sites for hydroxylation is 2. The summed E-state index contributed by atoms with van der Waals surface area (Å²) in [4.78, 5) is 13.7. The SMILES string of the molecule is CN=C(NCC1CCN(Cc2csc(C)n2)CC1)N(C)Cc1cnn(C)c1.I. The number of guanidine groups is 1. The van der Waals surface area contributed by atoms with Gasteiger partial charge in [0.05, 0.1) is 16.9 Å². The maximum absolute atomic E-state index is 4.59. The van der Waals surface area contributed by atoms with E-state index in [1.54, 1.807) is 11.3 Å². The summed E-state index contributed by atoms with van der Waals surface area (Å²) in [5, 5.41) is 11.1. The molecule has 3 heterocycles. The van der Waals surface area contributed by atoms with Crippen LogP contribution in [0.15, 0.2) is 22.8 Å². The Hall–Kier alpha value is -1.20. The summed E-state index contributed by atoms with van der Waals surface area (Å²) < 4.78 is 1.83. The Morgan fingerprint density at radius 2 is 2.14 bits per heavy atom. The van der Waals surface area contributed by atoms with Crippen molar-refractivity contribution in [2.75, 3.05) is 33.7 Å². The zero-order chi connectivity index (χ0) is 19.2. The van der Waals surface area contributed by atoms with E-state index in [9.17, 15) is 0 Å². The van der Waals surface area contributed by atoms with Crippen molar-refractivity contribution in [1.82, 2.24) is 29.9 Å². The van der Waals surface area contributed by atoms with E-state index in [1.807, 2.05) is 31.2 Å². The van der Waals surface area contributed by atoms with E-state index in [0.717, 1.165) is 43.7 Å².